The molecule has 2 amide bonds. The topological polar surface area (TPSA) is 70.1 Å². The van der Waals surface area contributed by atoms with Crippen LogP contribution in [-0.2, 0) is 9.53 Å². The lowest BCUT2D eigenvalue weighted by Crippen LogP contribution is -2.56. The number of nitrogens with zero attached hydrogens (tertiary/aromatic N) is 2. The van der Waals surface area contributed by atoms with Crippen LogP contribution < -0.4 is 0 Å². The molecule has 9 heteroatoms. The van der Waals surface area contributed by atoms with Crippen LogP contribution in [0, 0.1) is 0 Å². The number of aliphatic carboxylic acids is 1. The molecule has 1 saturated heterocycles. The Morgan fingerprint density at radius 3 is 2.52 bits per heavy atom. The second-order valence-corrected chi connectivity index (χ2v) is 5.28. The van der Waals surface area contributed by atoms with E-state index in [-0.39, 0.29) is 26.2 Å². The zero-order valence-corrected chi connectivity index (χ0v) is 11.3. The Balaban J connectivity index is 2.08. The van der Waals surface area contributed by atoms with Crippen LogP contribution in [0.25, 0.3) is 0 Å². The molecule has 2 fully saturated rings. The first kappa shape index (κ1) is 15.9. The molecule has 1 N–H and O–H groups in total. The molecule has 2 aliphatic rings. The lowest BCUT2D eigenvalue weighted by atomic mass is 10.1. The highest BCUT2D eigenvalue weighted by Crippen LogP contribution is 2.31. The van der Waals surface area contributed by atoms with Crippen LogP contribution in [0.15, 0.2) is 0 Å². The molecule has 6 nitrogen and oxygen atoms in total. The molecule has 0 aromatic heterocycles. The number of morpholine rings is 1. The van der Waals surface area contributed by atoms with E-state index >= 15 is 0 Å². The number of carbonyl (C=O) groups excluding carboxylic acids is 1. The molecule has 0 radical (unpaired) electrons. The summed E-state index contributed by atoms with van der Waals surface area (Å²) in [5.41, 5.74) is 0. The molecule has 1 saturated carbocycles. The minimum Gasteiger partial charge on any atom is -0.481 e. The number of halogens is 3. The van der Waals surface area contributed by atoms with Gasteiger partial charge in [0.05, 0.1) is 25.7 Å². The van der Waals surface area contributed by atoms with Gasteiger partial charge in [-0.3, -0.25) is 4.79 Å². The third kappa shape index (κ3) is 4.48. The summed E-state index contributed by atoms with van der Waals surface area (Å²) in [7, 11) is 0. The Morgan fingerprint density at radius 1 is 1.33 bits per heavy atom. The van der Waals surface area contributed by atoms with Gasteiger partial charge in [-0.15, -0.1) is 0 Å². The number of ether oxygens (including phenoxy) is 1. The quantitative estimate of drug-likeness (QED) is 0.850. The molecule has 1 unspecified atom stereocenters. The highest BCUT2D eigenvalue weighted by Gasteiger charge is 2.43. The Kier molecular flexibility index (Phi) is 4.60. The highest BCUT2D eigenvalue weighted by atomic mass is 19.4. The number of alkyl halides is 3. The monoisotopic (exact) mass is 310 g/mol. The standard InChI is InChI=1S/C12H17F3N2O4/c13-12(14,15)7-17(8-1-2-8)11(20)16-3-4-21-6-9(16)5-10(18)19/h8-9H,1-7H2,(H,18,19). The molecule has 0 bridgehead atoms. The van der Waals surface area contributed by atoms with Crippen molar-refractivity contribution in [2.45, 2.75) is 37.5 Å². The van der Waals surface area contributed by atoms with Crippen molar-refractivity contribution >= 4 is 12.0 Å². The maximum Gasteiger partial charge on any atom is 0.406 e. The zero-order chi connectivity index (χ0) is 15.6. The number of carboxylic acids is 1. The van der Waals surface area contributed by atoms with Gasteiger partial charge in [0, 0.05) is 12.6 Å². The molecule has 1 heterocycles. The normalized spacial score (nSPS) is 23.0. The van der Waals surface area contributed by atoms with Gasteiger partial charge in [0.15, 0.2) is 0 Å². The number of hydrogen-bond donors (Lipinski definition) is 1. The fraction of sp³-hybridized carbons (Fsp3) is 0.833. The minimum absolute atomic E-state index is 0.0303. The molecular formula is C12H17F3N2O4. The maximum absolute atomic E-state index is 12.6. The van der Waals surface area contributed by atoms with Crippen LogP contribution in [0.1, 0.15) is 19.3 Å². The van der Waals surface area contributed by atoms with Crippen LogP contribution in [0.2, 0.25) is 0 Å². The van der Waals surface area contributed by atoms with Crippen molar-refractivity contribution in [2.24, 2.45) is 0 Å². The van der Waals surface area contributed by atoms with E-state index in [4.69, 9.17) is 9.84 Å². The summed E-state index contributed by atoms with van der Waals surface area (Å²) in [6, 6.07) is -1.87. The SMILES string of the molecule is O=C(O)CC1COCCN1C(=O)N(CC(F)(F)F)C1CC1. The van der Waals surface area contributed by atoms with E-state index < -0.39 is 36.8 Å². The predicted molar refractivity (Wildman–Crippen MR) is 64.7 cm³/mol. The summed E-state index contributed by atoms with van der Waals surface area (Å²) in [5, 5.41) is 8.82. The molecular weight excluding hydrogens is 293 g/mol. The average molecular weight is 310 g/mol. The molecule has 2 rings (SSSR count). The third-order valence-electron chi connectivity index (χ3n) is 3.47. The number of carbonyl (C=O) groups is 2. The molecule has 1 atom stereocenters. The van der Waals surface area contributed by atoms with Gasteiger partial charge in [-0.2, -0.15) is 13.2 Å². The Labute approximate surface area is 119 Å². The summed E-state index contributed by atoms with van der Waals surface area (Å²) in [6.07, 6.45) is -3.70. The molecule has 0 spiro atoms. The van der Waals surface area contributed by atoms with E-state index in [0.717, 1.165) is 4.90 Å². The lowest BCUT2D eigenvalue weighted by Gasteiger charge is -2.38. The molecule has 0 aromatic rings. The van der Waals surface area contributed by atoms with Crippen molar-refractivity contribution in [1.29, 1.82) is 0 Å². The van der Waals surface area contributed by atoms with Crippen LogP contribution >= 0.6 is 0 Å². The van der Waals surface area contributed by atoms with Gasteiger partial charge in [0.1, 0.15) is 6.54 Å². The summed E-state index contributed by atoms with van der Waals surface area (Å²) < 4.78 is 42.9. The summed E-state index contributed by atoms with van der Waals surface area (Å²) >= 11 is 0. The van der Waals surface area contributed by atoms with Crippen molar-refractivity contribution in [3.05, 3.63) is 0 Å². The van der Waals surface area contributed by atoms with Gasteiger partial charge in [-0.25, -0.2) is 4.79 Å². The third-order valence-corrected chi connectivity index (χ3v) is 3.47. The van der Waals surface area contributed by atoms with Gasteiger partial charge < -0.3 is 19.6 Å². The van der Waals surface area contributed by atoms with E-state index in [2.05, 4.69) is 0 Å². The van der Waals surface area contributed by atoms with Gasteiger partial charge in [-0.05, 0) is 12.8 Å². The molecule has 21 heavy (non-hydrogen) atoms. The van der Waals surface area contributed by atoms with Gasteiger partial charge in [0.2, 0.25) is 0 Å². The summed E-state index contributed by atoms with van der Waals surface area (Å²) in [6.45, 7) is -0.958. The van der Waals surface area contributed by atoms with Gasteiger partial charge in [0.25, 0.3) is 0 Å². The van der Waals surface area contributed by atoms with E-state index in [1.165, 1.54) is 4.90 Å². The van der Waals surface area contributed by atoms with Crippen LogP contribution in [0.5, 0.6) is 0 Å². The number of hydrogen-bond acceptors (Lipinski definition) is 3. The van der Waals surface area contributed by atoms with Crippen LogP contribution in [-0.4, -0.2) is 71.5 Å². The Hall–Kier alpha value is -1.51. The van der Waals surface area contributed by atoms with Crippen molar-refractivity contribution in [1.82, 2.24) is 9.80 Å². The van der Waals surface area contributed by atoms with E-state index in [0.29, 0.717) is 12.8 Å². The first-order chi connectivity index (χ1) is 9.78. The van der Waals surface area contributed by atoms with Crippen molar-refractivity contribution in [3.8, 4) is 0 Å². The lowest BCUT2D eigenvalue weighted by molar-refractivity contribution is -0.145. The zero-order valence-electron chi connectivity index (χ0n) is 11.3. The largest absolute Gasteiger partial charge is 0.481 e. The van der Waals surface area contributed by atoms with E-state index in [1.54, 1.807) is 0 Å². The van der Waals surface area contributed by atoms with E-state index in [9.17, 15) is 22.8 Å². The number of rotatable bonds is 4. The molecule has 1 aliphatic heterocycles. The Bertz CT molecular complexity index is 412. The van der Waals surface area contributed by atoms with Crippen molar-refractivity contribution < 1.29 is 32.6 Å². The summed E-state index contributed by atoms with van der Waals surface area (Å²) in [5.74, 6) is -1.11. The molecule has 0 aromatic carbocycles. The second kappa shape index (κ2) is 6.08. The fourth-order valence-corrected chi connectivity index (χ4v) is 2.37. The smallest absolute Gasteiger partial charge is 0.406 e. The number of carboxylic acid groups (broad SMARTS) is 1. The Morgan fingerprint density at radius 2 is 2.00 bits per heavy atom. The van der Waals surface area contributed by atoms with Gasteiger partial charge in [-0.1, -0.05) is 0 Å². The first-order valence-electron chi connectivity index (χ1n) is 6.71. The average Bonchev–Trinajstić information content (AvgIpc) is 3.18. The van der Waals surface area contributed by atoms with Crippen molar-refractivity contribution in [3.63, 3.8) is 0 Å². The molecule has 120 valence electrons. The predicted octanol–water partition coefficient (Wildman–Crippen LogP) is 1.31. The fourth-order valence-electron chi connectivity index (χ4n) is 2.37. The molecule has 1 aliphatic carbocycles. The van der Waals surface area contributed by atoms with Crippen LogP contribution in [0.3, 0.4) is 0 Å². The van der Waals surface area contributed by atoms with E-state index in [1.807, 2.05) is 0 Å². The van der Waals surface area contributed by atoms with Crippen molar-refractivity contribution in [2.75, 3.05) is 26.3 Å². The second-order valence-electron chi connectivity index (χ2n) is 5.28. The maximum atomic E-state index is 12.6. The number of urea groups is 1. The summed E-state index contributed by atoms with van der Waals surface area (Å²) in [4.78, 5) is 25.1. The highest BCUT2D eigenvalue weighted by molar-refractivity contribution is 5.77. The first-order valence-corrected chi connectivity index (χ1v) is 6.71. The minimum atomic E-state index is -4.47. The number of amides is 2. The van der Waals surface area contributed by atoms with Crippen LogP contribution in [0.4, 0.5) is 18.0 Å². The van der Waals surface area contributed by atoms with Gasteiger partial charge >= 0.3 is 18.2 Å².